The summed E-state index contributed by atoms with van der Waals surface area (Å²) in [6.45, 7) is 0.842. The summed E-state index contributed by atoms with van der Waals surface area (Å²) in [6, 6.07) is 4.78. The second-order valence-electron chi connectivity index (χ2n) is 4.09. The number of hydrogen-bond donors (Lipinski definition) is 1. The van der Waals surface area contributed by atoms with E-state index in [0.717, 1.165) is 0 Å². The fraction of sp³-hybridized carbons (Fsp3) is 0.417. The maximum atomic E-state index is 10.9. The van der Waals surface area contributed by atoms with Crippen LogP contribution in [-0.2, 0) is 9.47 Å². The van der Waals surface area contributed by atoms with Crippen LogP contribution < -0.4 is 5.32 Å². The van der Waals surface area contributed by atoms with Crippen LogP contribution in [0.5, 0.6) is 0 Å². The van der Waals surface area contributed by atoms with Crippen molar-refractivity contribution in [3.8, 4) is 0 Å². The van der Waals surface area contributed by atoms with E-state index in [0.29, 0.717) is 18.7 Å². The minimum atomic E-state index is -0.489. The molecule has 1 N–H and O–H groups in total. The fourth-order valence-corrected chi connectivity index (χ4v) is 1.75. The smallest absolute Gasteiger partial charge is 0.298 e. The fourth-order valence-electron chi connectivity index (χ4n) is 1.75. The number of rotatable bonds is 7. The molecule has 1 atom stereocenters. The van der Waals surface area contributed by atoms with Crippen molar-refractivity contribution in [2.45, 2.75) is 6.10 Å². The molecule has 1 unspecified atom stereocenters. The van der Waals surface area contributed by atoms with Crippen molar-refractivity contribution in [3.63, 3.8) is 0 Å². The molecule has 0 radical (unpaired) electrons. The zero-order valence-corrected chi connectivity index (χ0v) is 11.2. The summed E-state index contributed by atoms with van der Waals surface area (Å²) in [7, 11) is 3.15. The van der Waals surface area contributed by atoms with Crippen molar-refractivity contribution < 1.29 is 18.8 Å². The predicted octanol–water partition coefficient (Wildman–Crippen LogP) is 1.81. The Labute approximate surface area is 114 Å². The Kier molecular flexibility index (Phi) is 4.49. The van der Waals surface area contributed by atoms with Crippen LogP contribution in [0.4, 0.5) is 11.7 Å². The van der Waals surface area contributed by atoms with Crippen LogP contribution in [0.2, 0.25) is 0 Å². The standard InChI is InChI=1S/C12H15N3O5/c1-18-7-8(19-2)6-13-12-14-11-9(15(16)17)4-3-5-10(11)20-12/h3-5,8H,6-7H2,1-2H3,(H,13,14). The molecule has 0 spiro atoms. The molecule has 0 amide bonds. The highest BCUT2D eigenvalue weighted by Gasteiger charge is 2.17. The molecule has 1 aromatic carbocycles. The molecule has 20 heavy (non-hydrogen) atoms. The summed E-state index contributed by atoms with van der Waals surface area (Å²) in [5.74, 6) is 0. The summed E-state index contributed by atoms with van der Waals surface area (Å²) in [5, 5.41) is 13.8. The summed E-state index contributed by atoms with van der Waals surface area (Å²) < 4.78 is 15.6. The highest BCUT2D eigenvalue weighted by molar-refractivity contribution is 5.83. The Bertz CT molecular complexity index is 598. The average Bonchev–Trinajstić information content (AvgIpc) is 2.85. The number of nitro groups is 1. The normalized spacial score (nSPS) is 12.5. The zero-order chi connectivity index (χ0) is 14.5. The van der Waals surface area contributed by atoms with E-state index in [9.17, 15) is 10.1 Å². The third kappa shape index (κ3) is 3.03. The van der Waals surface area contributed by atoms with Crippen LogP contribution in [0.1, 0.15) is 0 Å². The van der Waals surface area contributed by atoms with Gasteiger partial charge in [0.25, 0.3) is 11.7 Å². The van der Waals surface area contributed by atoms with Crippen LogP contribution in [-0.4, -0.2) is 43.4 Å². The number of nitro benzene ring substituents is 1. The Morgan fingerprint density at radius 2 is 2.30 bits per heavy atom. The highest BCUT2D eigenvalue weighted by Crippen LogP contribution is 2.27. The van der Waals surface area contributed by atoms with Gasteiger partial charge in [-0.3, -0.25) is 10.1 Å². The van der Waals surface area contributed by atoms with Crippen LogP contribution in [0.15, 0.2) is 22.6 Å². The molecule has 8 nitrogen and oxygen atoms in total. The van der Waals surface area contributed by atoms with E-state index >= 15 is 0 Å². The largest absolute Gasteiger partial charge is 0.423 e. The number of nitrogens with one attached hydrogen (secondary N) is 1. The van der Waals surface area contributed by atoms with Gasteiger partial charge in [-0.05, 0) is 6.07 Å². The van der Waals surface area contributed by atoms with Gasteiger partial charge < -0.3 is 19.2 Å². The number of aromatic nitrogens is 1. The number of nitrogens with zero attached hydrogens (tertiary/aromatic N) is 2. The third-order valence-corrected chi connectivity index (χ3v) is 2.76. The Hall–Kier alpha value is -2.19. The van der Waals surface area contributed by atoms with Gasteiger partial charge in [-0.1, -0.05) is 6.07 Å². The molecule has 0 aliphatic rings. The number of fused-ring (bicyclic) bond motifs is 1. The SMILES string of the molecule is COCC(CNc1nc2c([N+](=O)[O-])cccc2o1)OC. The quantitative estimate of drug-likeness (QED) is 0.610. The molecular formula is C12H15N3O5. The van der Waals surface area contributed by atoms with E-state index < -0.39 is 4.92 Å². The minimum absolute atomic E-state index is 0.0838. The van der Waals surface area contributed by atoms with E-state index in [1.165, 1.54) is 6.07 Å². The lowest BCUT2D eigenvalue weighted by atomic mass is 10.3. The molecular weight excluding hydrogens is 266 g/mol. The van der Waals surface area contributed by atoms with Gasteiger partial charge >= 0.3 is 0 Å². The molecule has 1 heterocycles. The molecule has 0 saturated carbocycles. The summed E-state index contributed by atoms with van der Waals surface area (Å²) in [6.07, 6.45) is -0.162. The monoisotopic (exact) mass is 281 g/mol. The molecule has 0 saturated heterocycles. The van der Waals surface area contributed by atoms with Crippen molar-refractivity contribution in [2.24, 2.45) is 0 Å². The van der Waals surface area contributed by atoms with E-state index in [1.54, 1.807) is 26.4 Å². The molecule has 8 heteroatoms. The topological polar surface area (TPSA) is 99.7 Å². The predicted molar refractivity (Wildman–Crippen MR) is 71.8 cm³/mol. The molecule has 2 aromatic rings. The molecule has 108 valence electrons. The van der Waals surface area contributed by atoms with Crippen molar-refractivity contribution in [1.29, 1.82) is 0 Å². The minimum Gasteiger partial charge on any atom is -0.423 e. The van der Waals surface area contributed by atoms with Crippen molar-refractivity contribution in [2.75, 3.05) is 32.7 Å². The molecule has 0 bridgehead atoms. The van der Waals surface area contributed by atoms with Gasteiger partial charge in [0.15, 0.2) is 11.1 Å². The van der Waals surface area contributed by atoms with Crippen molar-refractivity contribution >= 4 is 22.8 Å². The molecule has 1 aromatic heterocycles. The summed E-state index contributed by atoms with van der Waals surface area (Å²) in [4.78, 5) is 14.5. The first kappa shape index (κ1) is 14.2. The number of ether oxygens (including phenoxy) is 2. The van der Waals surface area contributed by atoms with Gasteiger partial charge in [0.2, 0.25) is 0 Å². The molecule has 0 aliphatic carbocycles. The number of benzene rings is 1. The second kappa shape index (κ2) is 6.31. The lowest BCUT2D eigenvalue weighted by Gasteiger charge is -2.13. The van der Waals surface area contributed by atoms with Gasteiger partial charge in [0, 0.05) is 26.8 Å². The van der Waals surface area contributed by atoms with Crippen LogP contribution in [0, 0.1) is 10.1 Å². The number of hydrogen-bond acceptors (Lipinski definition) is 7. The van der Waals surface area contributed by atoms with Crippen LogP contribution >= 0.6 is 0 Å². The first-order valence-electron chi connectivity index (χ1n) is 5.95. The number of methoxy groups -OCH3 is 2. The van der Waals surface area contributed by atoms with E-state index in [1.807, 2.05) is 0 Å². The van der Waals surface area contributed by atoms with Gasteiger partial charge in [0.05, 0.1) is 17.6 Å². The van der Waals surface area contributed by atoms with Gasteiger partial charge in [0.1, 0.15) is 0 Å². The summed E-state index contributed by atoms with van der Waals surface area (Å²) in [5.41, 5.74) is 0.502. The van der Waals surface area contributed by atoms with Gasteiger partial charge in [-0.25, -0.2) is 0 Å². The first-order chi connectivity index (χ1) is 9.65. The maximum absolute atomic E-state index is 10.9. The molecule has 2 rings (SSSR count). The van der Waals surface area contributed by atoms with E-state index in [-0.39, 0.29) is 23.3 Å². The van der Waals surface area contributed by atoms with Gasteiger partial charge in [-0.2, -0.15) is 4.98 Å². The maximum Gasteiger partial charge on any atom is 0.298 e. The average molecular weight is 281 g/mol. The van der Waals surface area contributed by atoms with Crippen molar-refractivity contribution in [1.82, 2.24) is 4.98 Å². The van der Waals surface area contributed by atoms with Crippen LogP contribution in [0.25, 0.3) is 11.1 Å². The third-order valence-electron chi connectivity index (χ3n) is 2.76. The Morgan fingerprint density at radius 3 is 2.95 bits per heavy atom. The Morgan fingerprint density at radius 1 is 1.50 bits per heavy atom. The number of anilines is 1. The second-order valence-corrected chi connectivity index (χ2v) is 4.09. The van der Waals surface area contributed by atoms with Gasteiger partial charge in [-0.15, -0.1) is 0 Å². The Balaban J connectivity index is 2.16. The van der Waals surface area contributed by atoms with E-state index in [4.69, 9.17) is 13.9 Å². The van der Waals surface area contributed by atoms with Crippen molar-refractivity contribution in [3.05, 3.63) is 28.3 Å². The summed E-state index contributed by atoms with van der Waals surface area (Å²) >= 11 is 0. The lowest BCUT2D eigenvalue weighted by molar-refractivity contribution is -0.383. The number of para-hydroxylation sites is 1. The van der Waals surface area contributed by atoms with Crippen LogP contribution in [0.3, 0.4) is 0 Å². The highest BCUT2D eigenvalue weighted by atomic mass is 16.6. The molecule has 0 aliphatic heterocycles. The van der Waals surface area contributed by atoms with E-state index in [2.05, 4.69) is 10.3 Å². The lowest BCUT2D eigenvalue weighted by Crippen LogP contribution is -2.26. The number of non-ortho nitro benzene ring substituents is 1. The zero-order valence-electron chi connectivity index (χ0n) is 11.2. The molecule has 0 fully saturated rings. The first-order valence-corrected chi connectivity index (χ1v) is 5.95. The number of oxazole rings is 1.